The zero-order chi connectivity index (χ0) is 10.8. The minimum Gasteiger partial charge on any atom is -0.328 e. The van der Waals surface area contributed by atoms with Gasteiger partial charge in [-0.25, -0.2) is 0 Å². The summed E-state index contributed by atoms with van der Waals surface area (Å²) in [5, 5.41) is 2.16. The third kappa shape index (κ3) is 2.41. The molecule has 1 aromatic heterocycles. The Morgan fingerprint density at radius 2 is 2.33 bits per heavy atom. The molecule has 0 spiro atoms. The van der Waals surface area contributed by atoms with Gasteiger partial charge in [0.1, 0.15) is 0 Å². The van der Waals surface area contributed by atoms with E-state index in [1.54, 1.807) is 0 Å². The molecule has 1 fully saturated rings. The lowest BCUT2D eigenvalue weighted by Gasteiger charge is -2.24. The lowest BCUT2D eigenvalue weighted by atomic mass is 10.0. The average Bonchev–Trinajstić information content (AvgIpc) is 2.88. The van der Waals surface area contributed by atoms with Crippen molar-refractivity contribution in [3.8, 4) is 0 Å². The second kappa shape index (κ2) is 4.64. The van der Waals surface area contributed by atoms with Crippen LogP contribution in [0, 0.1) is 5.92 Å². The molecule has 84 valence electrons. The second-order valence-electron chi connectivity index (χ2n) is 4.59. The van der Waals surface area contributed by atoms with Crippen LogP contribution in [-0.4, -0.2) is 24.0 Å². The predicted molar refractivity (Wildman–Crippen MR) is 66.1 cm³/mol. The van der Waals surface area contributed by atoms with E-state index in [0.717, 1.165) is 6.54 Å². The van der Waals surface area contributed by atoms with Crippen molar-refractivity contribution in [2.75, 3.05) is 13.1 Å². The fraction of sp³-hybridized carbons (Fsp3) is 0.667. The molecule has 0 radical (unpaired) electrons. The first-order valence-electron chi connectivity index (χ1n) is 5.71. The molecule has 2 rings (SSSR count). The van der Waals surface area contributed by atoms with Gasteiger partial charge in [0, 0.05) is 23.5 Å². The molecule has 0 aromatic carbocycles. The monoisotopic (exact) mass is 224 g/mol. The summed E-state index contributed by atoms with van der Waals surface area (Å²) in [4.78, 5) is 4.03. The summed E-state index contributed by atoms with van der Waals surface area (Å²) < 4.78 is 0. The number of nitrogens with two attached hydrogens (primary N) is 1. The van der Waals surface area contributed by atoms with E-state index in [-0.39, 0.29) is 0 Å². The maximum Gasteiger partial charge on any atom is 0.0413 e. The largest absolute Gasteiger partial charge is 0.328 e. The highest BCUT2D eigenvalue weighted by atomic mass is 32.1. The van der Waals surface area contributed by atoms with Crippen LogP contribution in [0.2, 0.25) is 0 Å². The van der Waals surface area contributed by atoms with Crippen LogP contribution in [0.1, 0.15) is 31.2 Å². The molecule has 1 saturated heterocycles. The number of thiophene rings is 1. The summed E-state index contributed by atoms with van der Waals surface area (Å²) in [6.07, 6.45) is 1.26. The van der Waals surface area contributed by atoms with Gasteiger partial charge in [-0.15, -0.1) is 11.3 Å². The summed E-state index contributed by atoms with van der Waals surface area (Å²) in [6.45, 7) is 6.79. The third-order valence-electron chi connectivity index (χ3n) is 3.50. The molecule has 2 N–H and O–H groups in total. The molecule has 1 aliphatic rings. The lowest BCUT2D eigenvalue weighted by molar-refractivity contribution is 0.251. The number of rotatable bonds is 3. The summed E-state index contributed by atoms with van der Waals surface area (Å²) >= 11 is 1.85. The Hall–Kier alpha value is -0.380. The number of hydrogen-bond donors (Lipinski definition) is 1. The van der Waals surface area contributed by atoms with Gasteiger partial charge in [0.25, 0.3) is 0 Å². The predicted octanol–water partition coefficient (Wildman–Crippen LogP) is 2.48. The van der Waals surface area contributed by atoms with Crippen LogP contribution in [0.25, 0.3) is 0 Å². The summed E-state index contributed by atoms with van der Waals surface area (Å²) in [5.74, 6) is 0.687. The Morgan fingerprint density at radius 3 is 2.87 bits per heavy atom. The molecule has 2 heterocycles. The van der Waals surface area contributed by atoms with Gasteiger partial charge in [0.15, 0.2) is 0 Å². The molecule has 1 aromatic rings. The molecule has 0 amide bonds. The van der Waals surface area contributed by atoms with Crippen molar-refractivity contribution >= 4 is 11.3 Å². The second-order valence-corrected chi connectivity index (χ2v) is 5.57. The van der Waals surface area contributed by atoms with E-state index in [0.29, 0.717) is 18.0 Å². The third-order valence-corrected chi connectivity index (χ3v) is 4.54. The van der Waals surface area contributed by atoms with Crippen LogP contribution in [0.4, 0.5) is 0 Å². The van der Waals surface area contributed by atoms with Crippen molar-refractivity contribution in [2.45, 2.75) is 32.4 Å². The van der Waals surface area contributed by atoms with E-state index in [9.17, 15) is 0 Å². The van der Waals surface area contributed by atoms with Crippen molar-refractivity contribution in [3.63, 3.8) is 0 Å². The highest BCUT2D eigenvalue weighted by Gasteiger charge is 2.28. The molecule has 1 aliphatic heterocycles. The van der Waals surface area contributed by atoms with E-state index in [1.807, 2.05) is 11.3 Å². The van der Waals surface area contributed by atoms with Crippen LogP contribution in [0.3, 0.4) is 0 Å². The smallest absolute Gasteiger partial charge is 0.0413 e. The van der Waals surface area contributed by atoms with Crippen molar-refractivity contribution in [1.29, 1.82) is 0 Å². The van der Waals surface area contributed by atoms with Gasteiger partial charge in [-0.1, -0.05) is 6.07 Å². The normalized spacial score (nSPS) is 26.7. The Kier molecular flexibility index (Phi) is 3.44. The lowest BCUT2D eigenvalue weighted by Crippen LogP contribution is -2.30. The first kappa shape index (κ1) is 11.1. The molecule has 0 saturated carbocycles. The van der Waals surface area contributed by atoms with Gasteiger partial charge in [0.05, 0.1) is 0 Å². The van der Waals surface area contributed by atoms with Crippen molar-refractivity contribution in [3.05, 3.63) is 22.4 Å². The molecule has 0 bridgehead atoms. The van der Waals surface area contributed by atoms with Gasteiger partial charge in [-0.2, -0.15) is 0 Å². The van der Waals surface area contributed by atoms with E-state index in [1.165, 1.54) is 17.8 Å². The maximum atomic E-state index is 5.95. The van der Waals surface area contributed by atoms with Gasteiger partial charge in [-0.3, -0.25) is 4.90 Å². The topological polar surface area (TPSA) is 29.3 Å². The summed E-state index contributed by atoms with van der Waals surface area (Å²) in [5.41, 5.74) is 5.95. The molecule has 3 heteroatoms. The molecule has 0 aliphatic carbocycles. The molecule has 15 heavy (non-hydrogen) atoms. The van der Waals surface area contributed by atoms with Gasteiger partial charge >= 0.3 is 0 Å². The number of nitrogens with zero attached hydrogens (tertiary/aromatic N) is 1. The standard InChI is InChI=1S/C12H20N2S/c1-9(13)11-5-6-14(8-11)10(2)12-4-3-7-15-12/h3-4,7,9-11H,5-6,8,13H2,1-2H3. The fourth-order valence-corrected chi connectivity index (χ4v) is 3.12. The van der Waals surface area contributed by atoms with E-state index < -0.39 is 0 Å². The van der Waals surface area contributed by atoms with Crippen molar-refractivity contribution in [2.24, 2.45) is 11.7 Å². The maximum absolute atomic E-state index is 5.95. The zero-order valence-corrected chi connectivity index (χ0v) is 10.3. The van der Waals surface area contributed by atoms with Crippen molar-refractivity contribution in [1.82, 2.24) is 4.90 Å². The van der Waals surface area contributed by atoms with Crippen LogP contribution in [0.15, 0.2) is 17.5 Å². The summed E-state index contributed by atoms with van der Waals surface area (Å²) in [6, 6.07) is 5.27. The first-order chi connectivity index (χ1) is 7.18. The highest BCUT2D eigenvalue weighted by Crippen LogP contribution is 2.30. The van der Waals surface area contributed by atoms with Gasteiger partial charge < -0.3 is 5.73 Å². The van der Waals surface area contributed by atoms with Crippen LogP contribution >= 0.6 is 11.3 Å². The van der Waals surface area contributed by atoms with E-state index in [2.05, 4.69) is 36.3 Å². The fourth-order valence-electron chi connectivity index (χ4n) is 2.31. The number of hydrogen-bond acceptors (Lipinski definition) is 3. The zero-order valence-electron chi connectivity index (χ0n) is 9.52. The Balaban J connectivity index is 1.96. The quantitative estimate of drug-likeness (QED) is 0.854. The number of likely N-dealkylation sites (tertiary alicyclic amines) is 1. The van der Waals surface area contributed by atoms with Crippen LogP contribution in [-0.2, 0) is 0 Å². The molecular formula is C12H20N2S. The molecule has 3 unspecified atom stereocenters. The molecule has 2 nitrogen and oxygen atoms in total. The first-order valence-corrected chi connectivity index (χ1v) is 6.59. The van der Waals surface area contributed by atoms with Crippen molar-refractivity contribution < 1.29 is 0 Å². The average molecular weight is 224 g/mol. The van der Waals surface area contributed by atoms with E-state index in [4.69, 9.17) is 5.73 Å². The van der Waals surface area contributed by atoms with E-state index >= 15 is 0 Å². The molecular weight excluding hydrogens is 204 g/mol. The minimum absolute atomic E-state index is 0.338. The Bertz CT molecular complexity index is 295. The SMILES string of the molecule is CC(N)C1CCN(C(C)c2cccs2)C1. The minimum atomic E-state index is 0.338. The summed E-state index contributed by atoms with van der Waals surface area (Å²) in [7, 11) is 0. The Morgan fingerprint density at radius 1 is 1.53 bits per heavy atom. The van der Waals surface area contributed by atoms with Gasteiger partial charge in [0.2, 0.25) is 0 Å². The highest BCUT2D eigenvalue weighted by molar-refractivity contribution is 7.10. The van der Waals surface area contributed by atoms with Gasteiger partial charge in [-0.05, 0) is 44.2 Å². The van der Waals surface area contributed by atoms with Crippen LogP contribution < -0.4 is 5.73 Å². The van der Waals surface area contributed by atoms with Crippen LogP contribution in [0.5, 0.6) is 0 Å². The molecule has 3 atom stereocenters. The Labute approximate surface area is 96.1 Å².